The first kappa shape index (κ1) is 28.0. The Morgan fingerprint density at radius 3 is 1.30 bits per heavy atom. The molecule has 33 heavy (non-hydrogen) atoms. The molecule has 2 aromatic rings. The zero-order valence-electron chi connectivity index (χ0n) is 20.3. The molecular weight excluding hydrogens is 456 g/mol. The molecule has 0 fully saturated rings. The second-order valence-corrected chi connectivity index (χ2v) is 13.3. The van der Waals surface area contributed by atoms with Crippen LogP contribution < -0.4 is 10.4 Å². The minimum Gasteiger partial charge on any atom is -0.405 e. The number of ether oxygens (including phenoxy) is 4. The van der Waals surface area contributed by atoms with Crippen LogP contribution in [0.1, 0.15) is 20.8 Å². The van der Waals surface area contributed by atoms with Gasteiger partial charge < -0.3 is 23.4 Å². The lowest BCUT2D eigenvalue weighted by atomic mass is 10.2. The van der Waals surface area contributed by atoms with Gasteiger partial charge in [0, 0.05) is 5.88 Å². The van der Waals surface area contributed by atoms with Crippen molar-refractivity contribution in [2.45, 2.75) is 25.8 Å². The highest BCUT2D eigenvalue weighted by atomic mass is 35.5. The molecule has 0 N–H and O–H groups in total. The van der Waals surface area contributed by atoms with Crippen molar-refractivity contribution >= 4 is 30.3 Å². The Hall–Kier alpha value is -1.25. The lowest BCUT2D eigenvalue weighted by Crippen LogP contribution is -2.66. The fraction of sp³-hybridized carbons (Fsp3) is 0.538. The largest absolute Gasteiger partial charge is 0.405 e. The summed E-state index contributed by atoms with van der Waals surface area (Å²) in [5.74, 6) is 0.506. The Balaban J connectivity index is 1.77. The number of hydrogen-bond acceptors (Lipinski definition) is 5. The Labute approximate surface area is 205 Å². The van der Waals surface area contributed by atoms with Gasteiger partial charge >= 0.3 is 0 Å². The van der Waals surface area contributed by atoms with Crippen LogP contribution in [-0.4, -0.2) is 73.7 Å². The Morgan fingerprint density at radius 2 is 0.939 bits per heavy atom. The van der Waals surface area contributed by atoms with Crippen molar-refractivity contribution in [1.29, 1.82) is 0 Å². The van der Waals surface area contributed by atoms with E-state index in [4.69, 9.17) is 35.0 Å². The number of hydrogen-bond donors (Lipinski definition) is 0. The van der Waals surface area contributed by atoms with Crippen molar-refractivity contribution < 1.29 is 23.4 Å². The number of rotatable bonds is 17. The van der Waals surface area contributed by atoms with Gasteiger partial charge in [-0.25, -0.2) is 0 Å². The van der Waals surface area contributed by atoms with Crippen molar-refractivity contribution in [3.05, 3.63) is 60.7 Å². The van der Waals surface area contributed by atoms with Gasteiger partial charge in [0.05, 0.1) is 59.5 Å². The fourth-order valence-corrected chi connectivity index (χ4v) is 8.49. The lowest BCUT2D eigenvalue weighted by molar-refractivity contribution is -0.00359. The maximum atomic E-state index is 6.80. The van der Waals surface area contributed by atoms with Gasteiger partial charge in [0.25, 0.3) is 8.32 Å². The number of benzene rings is 2. The summed E-state index contributed by atoms with van der Waals surface area (Å²) in [6.07, 6.45) is 0. The molecule has 0 heterocycles. The Kier molecular flexibility index (Phi) is 13.2. The third-order valence-corrected chi connectivity index (χ3v) is 10.5. The minimum absolute atomic E-state index is 0.0339. The van der Waals surface area contributed by atoms with Gasteiger partial charge in [-0.05, 0) is 15.4 Å². The number of alkyl halides is 1. The average Bonchev–Trinajstić information content (AvgIpc) is 2.82. The van der Waals surface area contributed by atoms with E-state index in [1.165, 1.54) is 10.4 Å². The molecule has 0 aliphatic carbocycles. The van der Waals surface area contributed by atoms with Gasteiger partial charge in [0.1, 0.15) is 0 Å². The van der Waals surface area contributed by atoms with Crippen molar-refractivity contribution in [1.82, 2.24) is 0 Å². The van der Waals surface area contributed by atoms with Gasteiger partial charge in [-0.2, -0.15) is 0 Å². The van der Waals surface area contributed by atoms with Crippen LogP contribution in [0, 0.1) is 0 Å². The average molecular weight is 495 g/mol. The summed E-state index contributed by atoms with van der Waals surface area (Å²) in [6, 6.07) is 21.3. The molecule has 0 bridgehead atoms. The Bertz CT molecular complexity index is 700. The molecule has 0 aliphatic heterocycles. The van der Waals surface area contributed by atoms with Crippen LogP contribution >= 0.6 is 11.6 Å². The van der Waals surface area contributed by atoms with Crippen LogP contribution in [0.15, 0.2) is 60.7 Å². The van der Waals surface area contributed by atoms with Crippen LogP contribution in [0.5, 0.6) is 0 Å². The first-order chi connectivity index (χ1) is 16.0. The standard InChI is InChI=1S/C26H39ClO5Si/c1-26(2,3)33(24-10-6-4-7-11-24,25-12-8-5-9-13-25)32-23-22-31-21-20-30-19-18-29-17-16-28-15-14-27/h4-13H,14-23H2,1-3H3. The van der Waals surface area contributed by atoms with Crippen molar-refractivity contribution in [3.63, 3.8) is 0 Å². The summed E-state index contributed by atoms with van der Waals surface area (Å²) in [5.41, 5.74) is 0. The zero-order valence-corrected chi connectivity index (χ0v) is 22.0. The van der Waals surface area contributed by atoms with Crippen LogP contribution in [0.4, 0.5) is 0 Å². The van der Waals surface area contributed by atoms with Gasteiger partial charge in [-0.3, -0.25) is 0 Å². The molecule has 0 saturated heterocycles. The van der Waals surface area contributed by atoms with E-state index in [0.717, 1.165) is 0 Å². The molecule has 0 aromatic heterocycles. The second-order valence-electron chi connectivity index (χ2n) is 8.65. The topological polar surface area (TPSA) is 46.2 Å². The highest BCUT2D eigenvalue weighted by Gasteiger charge is 2.49. The summed E-state index contributed by atoms with van der Waals surface area (Å²) < 4.78 is 28.8. The molecule has 7 heteroatoms. The van der Waals surface area contributed by atoms with Crippen LogP contribution in [0.25, 0.3) is 0 Å². The molecule has 2 rings (SSSR count). The molecule has 0 amide bonds. The molecule has 0 atom stereocenters. The summed E-state index contributed by atoms with van der Waals surface area (Å²) >= 11 is 5.54. The molecule has 5 nitrogen and oxygen atoms in total. The van der Waals surface area contributed by atoms with E-state index in [2.05, 4.69) is 81.4 Å². The maximum Gasteiger partial charge on any atom is 0.261 e. The molecule has 0 unspecified atom stereocenters. The van der Waals surface area contributed by atoms with E-state index in [1.54, 1.807) is 0 Å². The van der Waals surface area contributed by atoms with Crippen molar-refractivity contribution in [2.75, 3.05) is 65.3 Å². The molecule has 0 spiro atoms. The van der Waals surface area contributed by atoms with E-state index >= 15 is 0 Å². The quantitative estimate of drug-likeness (QED) is 0.190. The first-order valence-electron chi connectivity index (χ1n) is 11.6. The molecule has 0 aliphatic rings. The van der Waals surface area contributed by atoms with E-state index < -0.39 is 8.32 Å². The molecule has 2 aromatic carbocycles. The van der Waals surface area contributed by atoms with E-state index in [1.807, 2.05) is 0 Å². The van der Waals surface area contributed by atoms with Crippen molar-refractivity contribution in [2.24, 2.45) is 0 Å². The van der Waals surface area contributed by atoms with Crippen molar-refractivity contribution in [3.8, 4) is 0 Å². The SMILES string of the molecule is CC(C)(C)[Si](OCCOCCOCCOCCOCCCl)(c1ccccc1)c1ccccc1. The van der Waals surface area contributed by atoms with E-state index in [-0.39, 0.29) is 5.04 Å². The zero-order chi connectivity index (χ0) is 23.8. The third kappa shape index (κ3) is 9.13. The summed E-state index contributed by atoms with van der Waals surface area (Å²) in [5, 5.41) is 2.52. The van der Waals surface area contributed by atoms with Gasteiger partial charge in [0.2, 0.25) is 0 Å². The summed E-state index contributed by atoms with van der Waals surface area (Å²) in [7, 11) is -2.50. The second kappa shape index (κ2) is 15.6. The first-order valence-corrected chi connectivity index (χ1v) is 14.1. The van der Waals surface area contributed by atoms with E-state index in [0.29, 0.717) is 65.3 Å². The molecule has 184 valence electrons. The minimum atomic E-state index is -2.50. The van der Waals surface area contributed by atoms with Gasteiger partial charge in [0.15, 0.2) is 0 Å². The summed E-state index contributed by atoms with van der Waals surface area (Å²) in [4.78, 5) is 0. The highest BCUT2D eigenvalue weighted by Crippen LogP contribution is 2.36. The molecule has 0 saturated carbocycles. The smallest absolute Gasteiger partial charge is 0.261 e. The lowest BCUT2D eigenvalue weighted by Gasteiger charge is -2.43. The predicted molar refractivity (Wildman–Crippen MR) is 138 cm³/mol. The third-order valence-electron chi connectivity index (χ3n) is 5.30. The van der Waals surface area contributed by atoms with Crippen LogP contribution in [-0.2, 0) is 23.4 Å². The monoisotopic (exact) mass is 494 g/mol. The van der Waals surface area contributed by atoms with Gasteiger partial charge in [-0.15, -0.1) is 11.6 Å². The summed E-state index contributed by atoms with van der Waals surface area (Å²) in [6.45, 7) is 11.7. The van der Waals surface area contributed by atoms with Crippen LogP contribution in [0.3, 0.4) is 0 Å². The van der Waals surface area contributed by atoms with E-state index in [9.17, 15) is 0 Å². The highest BCUT2D eigenvalue weighted by molar-refractivity contribution is 6.99. The fourth-order valence-electron chi connectivity index (χ4n) is 3.83. The predicted octanol–water partition coefficient (Wildman–Crippen LogP) is 3.87. The normalized spacial score (nSPS) is 12.2. The maximum absolute atomic E-state index is 6.80. The number of halogens is 1. The molecular formula is C26H39ClO5Si. The Morgan fingerprint density at radius 1 is 0.576 bits per heavy atom. The molecule has 0 radical (unpaired) electrons. The van der Waals surface area contributed by atoms with Gasteiger partial charge in [-0.1, -0.05) is 81.4 Å². The van der Waals surface area contributed by atoms with Crippen LogP contribution in [0.2, 0.25) is 5.04 Å².